The van der Waals surface area contributed by atoms with E-state index in [-0.39, 0.29) is 18.0 Å². The largest absolute Gasteiger partial charge is 0.480 e. The van der Waals surface area contributed by atoms with Crippen molar-refractivity contribution >= 4 is 17.8 Å². The molecule has 7 heteroatoms. The second kappa shape index (κ2) is 41.0. The van der Waals surface area contributed by atoms with Gasteiger partial charge in [0, 0.05) is 12.8 Å². The molecule has 0 saturated heterocycles. The molecule has 0 heterocycles. The van der Waals surface area contributed by atoms with Gasteiger partial charge in [0.25, 0.3) is 0 Å². The van der Waals surface area contributed by atoms with Gasteiger partial charge in [0.1, 0.15) is 12.1 Å². The first-order chi connectivity index (χ1) is 25.9. The minimum absolute atomic E-state index is 0.0612. The Morgan fingerprint density at radius 2 is 0.981 bits per heavy atom. The molecule has 0 aliphatic heterocycles. The van der Waals surface area contributed by atoms with E-state index >= 15 is 0 Å². The molecular weight excluding hydrogens is 661 g/mol. The van der Waals surface area contributed by atoms with Crippen molar-refractivity contribution in [2.75, 3.05) is 6.54 Å². The summed E-state index contributed by atoms with van der Waals surface area (Å²) in [4.78, 5) is 36.2. The average molecular weight is 747 g/mol. The maximum Gasteiger partial charge on any atom is 0.326 e. The van der Waals surface area contributed by atoms with Gasteiger partial charge in [-0.1, -0.05) is 160 Å². The number of carboxylic acid groups (broad SMARTS) is 1. The predicted molar refractivity (Wildman–Crippen MR) is 225 cm³/mol. The van der Waals surface area contributed by atoms with Gasteiger partial charge < -0.3 is 20.9 Å². The molecule has 0 aromatic heterocycles. The zero-order chi connectivity index (χ0) is 38.9. The van der Waals surface area contributed by atoms with Gasteiger partial charge in [-0.3, -0.25) is 9.59 Å². The number of hydrogen-bond acceptors (Lipinski definition) is 5. The molecule has 0 saturated carbocycles. The smallest absolute Gasteiger partial charge is 0.326 e. The molecule has 0 aliphatic rings. The molecule has 4 N–H and O–H groups in total. The number of carboxylic acids is 1. The Labute approximate surface area is 327 Å². The Hall–Kier alpha value is -2.15. The zero-order valence-corrected chi connectivity index (χ0v) is 34.9. The standard InChI is InChI=1S/C46H86N2O5/c1-3-5-7-9-11-13-14-15-16-17-18-19-20-21-22-24-30-34-40-45(50)53-42(36-31-27-23-12-10-8-6-4-2)37-32-28-25-26-29-33-39-44(49)48-43(46(51)52)38-35-41-47/h16-17,31,36,42-43H,3-15,18-30,32-35,37-41,47H2,1-2H3,(H,48,49)(H,51,52)/b17-16-,36-31-. The van der Waals surface area contributed by atoms with Crippen LogP contribution in [-0.4, -0.2) is 41.6 Å². The van der Waals surface area contributed by atoms with Crippen molar-refractivity contribution < 1.29 is 24.2 Å². The van der Waals surface area contributed by atoms with E-state index in [0.717, 1.165) is 64.2 Å². The molecule has 1 amide bonds. The van der Waals surface area contributed by atoms with Gasteiger partial charge in [0.2, 0.25) is 5.91 Å². The molecule has 310 valence electrons. The number of esters is 1. The number of hydrogen-bond donors (Lipinski definition) is 3. The molecule has 7 nitrogen and oxygen atoms in total. The Balaban J connectivity index is 4.18. The van der Waals surface area contributed by atoms with Crippen LogP contribution in [-0.2, 0) is 19.1 Å². The maximum absolute atomic E-state index is 12.7. The minimum Gasteiger partial charge on any atom is -0.480 e. The van der Waals surface area contributed by atoms with Gasteiger partial charge in [-0.05, 0) is 89.7 Å². The Morgan fingerprint density at radius 1 is 0.547 bits per heavy atom. The first kappa shape index (κ1) is 50.9. The first-order valence-corrected chi connectivity index (χ1v) is 22.7. The van der Waals surface area contributed by atoms with E-state index in [4.69, 9.17) is 10.5 Å². The lowest BCUT2D eigenvalue weighted by molar-refractivity contribution is -0.147. The van der Waals surface area contributed by atoms with E-state index in [1.54, 1.807) is 0 Å². The van der Waals surface area contributed by atoms with Crippen LogP contribution in [0.4, 0.5) is 0 Å². The third kappa shape index (κ3) is 37.9. The zero-order valence-electron chi connectivity index (χ0n) is 34.9. The van der Waals surface area contributed by atoms with Crippen molar-refractivity contribution in [3.05, 3.63) is 24.3 Å². The van der Waals surface area contributed by atoms with Gasteiger partial charge in [0.15, 0.2) is 0 Å². The molecule has 0 bridgehead atoms. The normalized spacial score (nSPS) is 12.8. The second-order valence-corrected chi connectivity index (χ2v) is 15.5. The summed E-state index contributed by atoms with van der Waals surface area (Å²) in [5.41, 5.74) is 5.48. The van der Waals surface area contributed by atoms with Gasteiger partial charge in [-0.2, -0.15) is 0 Å². The molecule has 0 aromatic rings. The highest BCUT2D eigenvalue weighted by Gasteiger charge is 2.18. The van der Waals surface area contributed by atoms with E-state index in [0.29, 0.717) is 32.2 Å². The lowest BCUT2D eigenvalue weighted by Gasteiger charge is -2.15. The van der Waals surface area contributed by atoms with Crippen molar-refractivity contribution in [3.63, 3.8) is 0 Å². The number of amides is 1. The number of allylic oxidation sites excluding steroid dienone is 3. The molecule has 0 fully saturated rings. The number of carbonyl (C=O) groups excluding carboxylic acids is 2. The molecule has 0 spiro atoms. The number of nitrogens with two attached hydrogens (primary N) is 1. The number of aliphatic carboxylic acids is 1. The molecule has 2 unspecified atom stereocenters. The summed E-state index contributed by atoms with van der Waals surface area (Å²) in [5.74, 6) is -1.26. The number of unbranched alkanes of at least 4 members (excludes halogenated alkanes) is 25. The molecule has 0 aromatic carbocycles. The van der Waals surface area contributed by atoms with Crippen LogP contribution < -0.4 is 11.1 Å². The highest BCUT2D eigenvalue weighted by Crippen LogP contribution is 2.16. The van der Waals surface area contributed by atoms with E-state index < -0.39 is 12.0 Å². The Morgan fingerprint density at radius 3 is 1.47 bits per heavy atom. The van der Waals surface area contributed by atoms with Crippen LogP contribution in [0.1, 0.15) is 232 Å². The van der Waals surface area contributed by atoms with Gasteiger partial charge in [-0.25, -0.2) is 4.79 Å². The van der Waals surface area contributed by atoms with Crippen LogP contribution in [0.3, 0.4) is 0 Å². The second-order valence-electron chi connectivity index (χ2n) is 15.5. The lowest BCUT2D eigenvalue weighted by atomic mass is 10.0. The van der Waals surface area contributed by atoms with E-state index in [1.165, 1.54) is 128 Å². The van der Waals surface area contributed by atoms with Crippen molar-refractivity contribution in [2.45, 2.75) is 244 Å². The highest BCUT2D eigenvalue weighted by atomic mass is 16.5. The van der Waals surface area contributed by atoms with Crippen LogP contribution in [0.15, 0.2) is 24.3 Å². The number of ether oxygens (including phenoxy) is 1. The van der Waals surface area contributed by atoms with Crippen molar-refractivity contribution in [2.24, 2.45) is 5.73 Å². The minimum atomic E-state index is -1.00. The Kier molecular flexibility index (Phi) is 39.4. The average Bonchev–Trinajstić information content (AvgIpc) is 3.14. The van der Waals surface area contributed by atoms with E-state index in [9.17, 15) is 19.5 Å². The molecular formula is C46H86N2O5. The van der Waals surface area contributed by atoms with Gasteiger partial charge in [0.05, 0.1) is 0 Å². The van der Waals surface area contributed by atoms with E-state index in [1.807, 2.05) is 0 Å². The Bertz CT molecular complexity index is 889. The fourth-order valence-electron chi connectivity index (χ4n) is 6.77. The number of carbonyl (C=O) groups is 3. The quantitative estimate of drug-likeness (QED) is 0.0325. The topological polar surface area (TPSA) is 119 Å². The summed E-state index contributed by atoms with van der Waals surface area (Å²) in [6.07, 6.45) is 46.8. The molecule has 0 radical (unpaired) electrons. The summed E-state index contributed by atoms with van der Waals surface area (Å²) in [6, 6.07) is -0.852. The van der Waals surface area contributed by atoms with Crippen LogP contribution in [0.25, 0.3) is 0 Å². The third-order valence-electron chi connectivity index (χ3n) is 10.2. The number of rotatable bonds is 41. The van der Waals surface area contributed by atoms with Gasteiger partial charge in [-0.15, -0.1) is 0 Å². The summed E-state index contributed by atoms with van der Waals surface area (Å²) in [6.45, 7) is 4.94. The predicted octanol–water partition coefficient (Wildman–Crippen LogP) is 12.8. The summed E-state index contributed by atoms with van der Waals surface area (Å²) in [7, 11) is 0. The van der Waals surface area contributed by atoms with Crippen molar-refractivity contribution in [3.8, 4) is 0 Å². The summed E-state index contributed by atoms with van der Waals surface area (Å²) in [5, 5.41) is 11.9. The third-order valence-corrected chi connectivity index (χ3v) is 10.2. The van der Waals surface area contributed by atoms with Crippen molar-refractivity contribution in [1.82, 2.24) is 5.32 Å². The van der Waals surface area contributed by atoms with Crippen LogP contribution in [0.5, 0.6) is 0 Å². The summed E-state index contributed by atoms with van der Waals surface area (Å²) >= 11 is 0. The molecule has 53 heavy (non-hydrogen) atoms. The maximum atomic E-state index is 12.7. The molecule has 0 rings (SSSR count). The number of nitrogens with one attached hydrogen (secondary N) is 1. The lowest BCUT2D eigenvalue weighted by Crippen LogP contribution is -2.40. The fraction of sp³-hybridized carbons (Fsp3) is 0.848. The SMILES string of the molecule is CCCCCCCC/C=C\C(CCCCCCCCC(=O)NC(CCCN)C(=O)O)OC(=O)CCCCCCCCC/C=C\CCCCCCCCC. The van der Waals surface area contributed by atoms with Gasteiger partial charge >= 0.3 is 11.9 Å². The first-order valence-electron chi connectivity index (χ1n) is 22.7. The van der Waals surface area contributed by atoms with Crippen molar-refractivity contribution in [1.29, 1.82) is 0 Å². The fourth-order valence-corrected chi connectivity index (χ4v) is 6.77. The van der Waals surface area contributed by atoms with E-state index in [2.05, 4.69) is 43.5 Å². The molecule has 0 aliphatic carbocycles. The van der Waals surface area contributed by atoms with Crippen LogP contribution in [0.2, 0.25) is 0 Å². The molecule has 2 atom stereocenters. The summed E-state index contributed by atoms with van der Waals surface area (Å²) < 4.78 is 5.96. The van der Waals surface area contributed by atoms with Crippen LogP contribution in [0, 0.1) is 0 Å². The monoisotopic (exact) mass is 747 g/mol. The van der Waals surface area contributed by atoms with Crippen LogP contribution >= 0.6 is 0 Å². The highest BCUT2D eigenvalue weighted by molar-refractivity contribution is 5.83.